The van der Waals surface area contributed by atoms with Crippen molar-refractivity contribution in [3.63, 3.8) is 0 Å². The molecule has 1 saturated heterocycles. The average Bonchev–Trinajstić information content (AvgIpc) is 3.25. The predicted octanol–water partition coefficient (Wildman–Crippen LogP) is 1.46. The summed E-state index contributed by atoms with van der Waals surface area (Å²) >= 11 is 0. The monoisotopic (exact) mass is 378 g/mol. The number of halogens is 2. The molecule has 2 aromatic heterocycles. The molecule has 2 amide bonds. The maximum atomic E-state index is 13.8. The van der Waals surface area contributed by atoms with E-state index in [0.717, 1.165) is 6.20 Å². The highest BCUT2D eigenvalue weighted by molar-refractivity contribution is 5.92. The van der Waals surface area contributed by atoms with Gasteiger partial charge in [0.2, 0.25) is 5.91 Å². The molecule has 1 aliphatic rings. The fourth-order valence-corrected chi connectivity index (χ4v) is 3.19. The third-order valence-electron chi connectivity index (χ3n) is 4.35. The van der Waals surface area contributed by atoms with Crippen LogP contribution in [0.5, 0.6) is 0 Å². The summed E-state index contributed by atoms with van der Waals surface area (Å²) in [6.07, 6.45) is 2.70. The van der Waals surface area contributed by atoms with E-state index < -0.39 is 29.3 Å². The molecule has 0 aromatic carbocycles. The standard InChI is InChI=1S/C18H20F2N4O3/c1-2-21-17(25)15-7-12(9-24(15)10-13-4-3-5-27-13)23-18(26)16-14(20)6-11(19)8-22-16/h3-6,8,12,15H,2,7,9-10H2,1H3,(H,21,25)(H,23,26). The summed E-state index contributed by atoms with van der Waals surface area (Å²) in [6.45, 7) is 3.11. The largest absolute Gasteiger partial charge is 0.468 e. The van der Waals surface area contributed by atoms with Gasteiger partial charge in [-0.2, -0.15) is 0 Å². The molecule has 2 unspecified atom stereocenters. The topological polar surface area (TPSA) is 87.5 Å². The number of rotatable bonds is 6. The smallest absolute Gasteiger partial charge is 0.273 e. The van der Waals surface area contributed by atoms with Crippen LogP contribution in [0.25, 0.3) is 0 Å². The number of likely N-dealkylation sites (N-methyl/N-ethyl adjacent to an activating group) is 1. The Bertz CT molecular complexity index is 813. The molecule has 27 heavy (non-hydrogen) atoms. The normalized spacial score (nSPS) is 19.8. The molecule has 0 radical (unpaired) electrons. The van der Waals surface area contributed by atoms with Gasteiger partial charge in [0, 0.05) is 25.2 Å². The minimum Gasteiger partial charge on any atom is -0.468 e. The van der Waals surface area contributed by atoms with Gasteiger partial charge in [-0.05, 0) is 25.5 Å². The molecule has 0 saturated carbocycles. The molecule has 0 spiro atoms. The summed E-state index contributed by atoms with van der Waals surface area (Å²) in [5.41, 5.74) is -0.476. The first-order valence-electron chi connectivity index (χ1n) is 8.64. The van der Waals surface area contributed by atoms with Crippen molar-refractivity contribution in [3.05, 3.63) is 53.7 Å². The van der Waals surface area contributed by atoms with Crippen LogP contribution < -0.4 is 10.6 Å². The van der Waals surface area contributed by atoms with Gasteiger partial charge in [-0.25, -0.2) is 13.8 Å². The number of nitrogens with one attached hydrogen (secondary N) is 2. The van der Waals surface area contributed by atoms with Crippen molar-refractivity contribution < 1.29 is 22.8 Å². The van der Waals surface area contributed by atoms with E-state index in [1.54, 1.807) is 18.4 Å². The number of furan rings is 1. The van der Waals surface area contributed by atoms with Crippen molar-refractivity contribution in [2.45, 2.75) is 32.0 Å². The Morgan fingerprint density at radius 2 is 2.22 bits per heavy atom. The highest BCUT2D eigenvalue weighted by Crippen LogP contribution is 2.22. The van der Waals surface area contributed by atoms with Gasteiger partial charge < -0.3 is 15.1 Å². The molecule has 0 aliphatic carbocycles. The van der Waals surface area contributed by atoms with E-state index in [-0.39, 0.29) is 11.9 Å². The van der Waals surface area contributed by atoms with Crippen LogP contribution >= 0.6 is 0 Å². The number of likely N-dealkylation sites (tertiary alicyclic amines) is 1. The molecule has 1 aliphatic heterocycles. The lowest BCUT2D eigenvalue weighted by Gasteiger charge is -2.22. The third kappa shape index (κ3) is 4.48. The van der Waals surface area contributed by atoms with Crippen molar-refractivity contribution in [1.29, 1.82) is 0 Å². The highest BCUT2D eigenvalue weighted by Gasteiger charge is 2.38. The average molecular weight is 378 g/mol. The molecule has 2 N–H and O–H groups in total. The molecule has 3 heterocycles. The van der Waals surface area contributed by atoms with Crippen LogP contribution in [0.2, 0.25) is 0 Å². The zero-order valence-corrected chi connectivity index (χ0v) is 14.7. The number of amides is 2. The molecule has 7 nitrogen and oxygen atoms in total. The van der Waals surface area contributed by atoms with Gasteiger partial charge in [-0.1, -0.05) is 0 Å². The maximum absolute atomic E-state index is 13.8. The number of nitrogens with zero attached hydrogens (tertiary/aromatic N) is 2. The summed E-state index contributed by atoms with van der Waals surface area (Å²) in [6, 6.07) is 3.34. The van der Waals surface area contributed by atoms with E-state index in [4.69, 9.17) is 4.42 Å². The number of carbonyl (C=O) groups is 2. The predicted molar refractivity (Wildman–Crippen MR) is 91.6 cm³/mol. The van der Waals surface area contributed by atoms with Crippen LogP contribution in [0.15, 0.2) is 35.1 Å². The van der Waals surface area contributed by atoms with Crippen LogP contribution in [-0.4, -0.2) is 46.9 Å². The van der Waals surface area contributed by atoms with Crippen molar-refractivity contribution >= 4 is 11.8 Å². The van der Waals surface area contributed by atoms with Crippen LogP contribution in [-0.2, 0) is 11.3 Å². The Labute approximate surface area is 154 Å². The molecule has 0 bridgehead atoms. The Morgan fingerprint density at radius 3 is 2.89 bits per heavy atom. The number of hydrogen-bond donors (Lipinski definition) is 2. The molecule has 9 heteroatoms. The van der Waals surface area contributed by atoms with E-state index >= 15 is 0 Å². The quantitative estimate of drug-likeness (QED) is 0.795. The molecular weight excluding hydrogens is 358 g/mol. The lowest BCUT2D eigenvalue weighted by atomic mass is 10.1. The lowest BCUT2D eigenvalue weighted by molar-refractivity contribution is -0.125. The summed E-state index contributed by atoms with van der Waals surface area (Å²) in [4.78, 5) is 30.1. The fourth-order valence-electron chi connectivity index (χ4n) is 3.19. The second kappa shape index (κ2) is 8.26. The summed E-state index contributed by atoms with van der Waals surface area (Å²) in [5.74, 6) is -2.08. The van der Waals surface area contributed by atoms with Gasteiger partial charge in [-0.3, -0.25) is 14.5 Å². The first-order valence-corrected chi connectivity index (χ1v) is 8.64. The van der Waals surface area contributed by atoms with E-state index in [1.165, 1.54) is 0 Å². The SMILES string of the molecule is CCNC(=O)C1CC(NC(=O)c2ncc(F)cc2F)CN1Cc1ccco1. The molecule has 144 valence electrons. The summed E-state index contributed by atoms with van der Waals surface area (Å²) < 4.78 is 32.1. The van der Waals surface area contributed by atoms with Crippen LogP contribution in [0, 0.1) is 11.6 Å². The zero-order chi connectivity index (χ0) is 19.4. The third-order valence-corrected chi connectivity index (χ3v) is 4.35. The summed E-state index contributed by atoms with van der Waals surface area (Å²) in [5, 5.41) is 5.46. The number of carbonyl (C=O) groups excluding carboxylic acids is 2. The molecular formula is C18H20F2N4O3. The van der Waals surface area contributed by atoms with E-state index in [2.05, 4.69) is 15.6 Å². The number of pyridine rings is 1. The number of hydrogen-bond acceptors (Lipinski definition) is 5. The second-order valence-electron chi connectivity index (χ2n) is 6.31. The van der Waals surface area contributed by atoms with Crippen molar-refractivity contribution in [3.8, 4) is 0 Å². The minimum absolute atomic E-state index is 0.146. The van der Waals surface area contributed by atoms with E-state index in [0.29, 0.717) is 37.9 Å². The Morgan fingerprint density at radius 1 is 1.41 bits per heavy atom. The zero-order valence-electron chi connectivity index (χ0n) is 14.7. The first kappa shape index (κ1) is 19.0. The van der Waals surface area contributed by atoms with Gasteiger partial charge >= 0.3 is 0 Å². The highest BCUT2D eigenvalue weighted by atomic mass is 19.1. The van der Waals surface area contributed by atoms with Crippen LogP contribution in [0.1, 0.15) is 29.6 Å². The number of aromatic nitrogens is 1. The van der Waals surface area contributed by atoms with Gasteiger partial charge in [0.1, 0.15) is 11.6 Å². The van der Waals surface area contributed by atoms with Crippen LogP contribution in [0.3, 0.4) is 0 Å². The van der Waals surface area contributed by atoms with Crippen molar-refractivity contribution in [1.82, 2.24) is 20.5 Å². The van der Waals surface area contributed by atoms with Crippen molar-refractivity contribution in [2.75, 3.05) is 13.1 Å². The molecule has 1 fully saturated rings. The molecule has 2 atom stereocenters. The second-order valence-corrected chi connectivity index (χ2v) is 6.31. The van der Waals surface area contributed by atoms with E-state index in [1.807, 2.05) is 11.8 Å². The lowest BCUT2D eigenvalue weighted by Crippen LogP contribution is -2.42. The van der Waals surface area contributed by atoms with Gasteiger partial charge in [-0.15, -0.1) is 0 Å². The molecule has 2 aromatic rings. The van der Waals surface area contributed by atoms with Crippen molar-refractivity contribution in [2.24, 2.45) is 0 Å². The van der Waals surface area contributed by atoms with Crippen LogP contribution in [0.4, 0.5) is 8.78 Å². The Balaban J connectivity index is 1.70. The Kier molecular flexibility index (Phi) is 5.80. The summed E-state index contributed by atoms with van der Waals surface area (Å²) in [7, 11) is 0. The maximum Gasteiger partial charge on any atom is 0.273 e. The van der Waals surface area contributed by atoms with E-state index in [9.17, 15) is 18.4 Å². The Hall–Kier alpha value is -2.81. The molecule has 3 rings (SSSR count). The van der Waals surface area contributed by atoms with Gasteiger partial charge in [0.05, 0.1) is 25.0 Å². The van der Waals surface area contributed by atoms with Gasteiger partial charge in [0.25, 0.3) is 5.91 Å². The first-order chi connectivity index (χ1) is 13.0. The van der Waals surface area contributed by atoms with Gasteiger partial charge in [0.15, 0.2) is 11.5 Å². The fraction of sp³-hybridized carbons (Fsp3) is 0.389. The minimum atomic E-state index is -1.03.